The monoisotopic (exact) mass is 345 g/mol. The third kappa shape index (κ3) is 3.89. The fourth-order valence-electron chi connectivity index (χ4n) is 3.07. The third-order valence-electron chi connectivity index (χ3n) is 4.69. The summed E-state index contributed by atoms with van der Waals surface area (Å²) in [5, 5.41) is 0. The Morgan fingerprint density at radius 1 is 1.13 bits per heavy atom. The first-order chi connectivity index (χ1) is 10.8. The first-order valence-electron chi connectivity index (χ1n) is 7.87. The quantitative estimate of drug-likeness (QED) is 0.787. The Bertz CT molecular complexity index is 644. The molecule has 1 saturated carbocycles. The van der Waals surface area contributed by atoms with E-state index >= 15 is 0 Å². The number of nitrogens with zero attached hydrogens (tertiary/aromatic N) is 1. The molecule has 0 aromatic heterocycles. The van der Waals surface area contributed by atoms with Crippen LogP contribution in [0.15, 0.2) is 29.2 Å². The number of rotatable bonds is 4. The van der Waals surface area contributed by atoms with Crippen LogP contribution in [0.25, 0.3) is 0 Å². The first-order valence-corrected chi connectivity index (χ1v) is 9.28. The van der Waals surface area contributed by atoms with Crippen molar-refractivity contribution in [3.63, 3.8) is 0 Å². The minimum absolute atomic E-state index is 0.114. The Hall–Kier alpha value is -1.05. The van der Waals surface area contributed by atoms with Crippen molar-refractivity contribution < 1.29 is 21.4 Å². The number of aryl methyl sites for hydroxylation is 1. The molecule has 0 atom stereocenters. The van der Waals surface area contributed by atoms with Gasteiger partial charge >= 0.3 is 0 Å². The molecule has 2 aliphatic rings. The summed E-state index contributed by atoms with van der Waals surface area (Å²) >= 11 is 0. The van der Waals surface area contributed by atoms with Crippen molar-refractivity contribution in [2.75, 3.05) is 13.1 Å². The Balaban J connectivity index is 1.51. The van der Waals surface area contributed by atoms with E-state index in [1.165, 1.54) is 12.1 Å². The predicted octanol–water partition coefficient (Wildman–Crippen LogP) is 2.96. The number of benzene rings is 1. The maximum atomic E-state index is 13.1. The Morgan fingerprint density at radius 2 is 1.70 bits per heavy atom. The molecule has 0 unspecified atom stereocenters. The van der Waals surface area contributed by atoms with Gasteiger partial charge in [0, 0.05) is 32.0 Å². The van der Waals surface area contributed by atoms with Crippen LogP contribution in [0.4, 0.5) is 8.78 Å². The number of alkyl halides is 2. The first kappa shape index (κ1) is 16.8. The summed E-state index contributed by atoms with van der Waals surface area (Å²) in [6, 6.07) is 6.69. The normalized spacial score (nSPS) is 28.3. The molecule has 1 aromatic rings. The van der Waals surface area contributed by atoms with Gasteiger partial charge in [0.2, 0.25) is 0 Å². The van der Waals surface area contributed by atoms with Crippen molar-refractivity contribution in [3.05, 3.63) is 29.8 Å². The third-order valence-corrected chi connectivity index (χ3v) is 6.06. The lowest BCUT2D eigenvalue weighted by atomic mass is 9.86. The van der Waals surface area contributed by atoms with E-state index in [0.717, 1.165) is 5.56 Å². The van der Waals surface area contributed by atoms with Crippen molar-refractivity contribution in [2.45, 2.75) is 55.6 Å². The Morgan fingerprint density at radius 3 is 2.26 bits per heavy atom. The summed E-state index contributed by atoms with van der Waals surface area (Å²) in [6.07, 6.45) is 0.578. The van der Waals surface area contributed by atoms with Crippen LogP contribution in [0.3, 0.4) is 0 Å². The highest BCUT2D eigenvalue weighted by atomic mass is 32.2. The van der Waals surface area contributed by atoms with Crippen LogP contribution in [0.1, 0.15) is 31.2 Å². The molecule has 0 N–H and O–H groups in total. The van der Waals surface area contributed by atoms with E-state index < -0.39 is 16.0 Å². The molecular formula is C16H21F2NO3S. The van der Waals surface area contributed by atoms with Crippen LogP contribution in [0, 0.1) is 6.92 Å². The SMILES string of the molecule is Cc1ccc(S(=O)(=O)OC2CC(N3CCC(F)(F)CC3)C2)cc1. The molecule has 0 bridgehead atoms. The van der Waals surface area contributed by atoms with Crippen molar-refractivity contribution in [1.29, 1.82) is 0 Å². The average molecular weight is 345 g/mol. The predicted molar refractivity (Wildman–Crippen MR) is 82.0 cm³/mol. The summed E-state index contributed by atoms with van der Waals surface area (Å²) in [7, 11) is -3.75. The van der Waals surface area contributed by atoms with Gasteiger partial charge in [0.15, 0.2) is 0 Å². The van der Waals surface area contributed by atoms with E-state index in [1.807, 2.05) is 11.8 Å². The number of hydrogen-bond acceptors (Lipinski definition) is 4. The molecule has 0 amide bonds. The van der Waals surface area contributed by atoms with Crippen molar-refractivity contribution in [2.24, 2.45) is 0 Å². The van der Waals surface area contributed by atoms with Gasteiger partial charge in [-0.25, -0.2) is 8.78 Å². The minimum atomic E-state index is -3.75. The van der Waals surface area contributed by atoms with Crippen molar-refractivity contribution in [1.82, 2.24) is 4.90 Å². The zero-order chi connectivity index (χ0) is 16.7. The topological polar surface area (TPSA) is 46.6 Å². The molecular weight excluding hydrogens is 324 g/mol. The van der Waals surface area contributed by atoms with Gasteiger partial charge in [-0.1, -0.05) is 17.7 Å². The van der Waals surface area contributed by atoms with Crippen LogP contribution in [0.5, 0.6) is 0 Å². The molecule has 23 heavy (non-hydrogen) atoms. The molecule has 7 heteroatoms. The van der Waals surface area contributed by atoms with Gasteiger partial charge in [-0.15, -0.1) is 0 Å². The molecule has 1 aromatic carbocycles. The van der Waals surface area contributed by atoms with E-state index in [-0.39, 0.29) is 29.9 Å². The lowest BCUT2D eigenvalue weighted by Crippen LogP contribution is -2.52. The second-order valence-electron chi connectivity index (χ2n) is 6.50. The number of halogens is 2. The molecule has 1 heterocycles. The van der Waals surface area contributed by atoms with Crippen molar-refractivity contribution >= 4 is 10.1 Å². The Kier molecular flexibility index (Phi) is 4.46. The second-order valence-corrected chi connectivity index (χ2v) is 8.07. The lowest BCUT2D eigenvalue weighted by molar-refractivity contribution is -0.0805. The van der Waals surface area contributed by atoms with E-state index in [1.54, 1.807) is 12.1 Å². The maximum absolute atomic E-state index is 13.1. The fraction of sp³-hybridized carbons (Fsp3) is 0.625. The summed E-state index contributed by atoms with van der Waals surface area (Å²) in [4.78, 5) is 2.18. The van der Waals surface area contributed by atoms with Gasteiger partial charge in [-0.3, -0.25) is 9.08 Å². The number of likely N-dealkylation sites (tertiary alicyclic amines) is 1. The van der Waals surface area contributed by atoms with Gasteiger partial charge in [0.1, 0.15) is 0 Å². The van der Waals surface area contributed by atoms with Gasteiger partial charge in [-0.05, 0) is 31.9 Å². The summed E-state index contributed by atoms with van der Waals surface area (Å²) in [5.74, 6) is -2.55. The zero-order valence-electron chi connectivity index (χ0n) is 13.0. The highest BCUT2D eigenvalue weighted by molar-refractivity contribution is 7.86. The highest BCUT2D eigenvalue weighted by Crippen LogP contribution is 2.35. The van der Waals surface area contributed by atoms with E-state index in [2.05, 4.69) is 0 Å². The number of hydrogen-bond donors (Lipinski definition) is 0. The standard InChI is InChI=1S/C16H21F2NO3S/c1-12-2-4-15(5-3-12)23(20,21)22-14-10-13(11-14)19-8-6-16(17,18)7-9-19/h2-5,13-14H,6-11H2,1H3. The Labute approximate surface area is 135 Å². The van der Waals surface area contributed by atoms with Crippen LogP contribution in [-0.4, -0.2) is 44.5 Å². The highest BCUT2D eigenvalue weighted by Gasteiger charge is 2.42. The van der Waals surface area contributed by atoms with Crippen LogP contribution in [0.2, 0.25) is 0 Å². The van der Waals surface area contributed by atoms with Gasteiger partial charge in [0.05, 0.1) is 11.0 Å². The van der Waals surface area contributed by atoms with Gasteiger partial charge in [0.25, 0.3) is 16.0 Å². The maximum Gasteiger partial charge on any atom is 0.297 e. The fourth-order valence-corrected chi connectivity index (χ4v) is 4.17. The average Bonchev–Trinajstić information content (AvgIpc) is 2.44. The van der Waals surface area contributed by atoms with E-state index in [4.69, 9.17) is 4.18 Å². The summed E-state index contributed by atoms with van der Waals surface area (Å²) < 4.78 is 55.9. The van der Waals surface area contributed by atoms with Crippen LogP contribution < -0.4 is 0 Å². The molecule has 128 valence electrons. The molecule has 2 fully saturated rings. The van der Waals surface area contributed by atoms with Crippen molar-refractivity contribution in [3.8, 4) is 0 Å². The van der Waals surface area contributed by atoms with E-state index in [9.17, 15) is 17.2 Å². The molecule has 3 rings (SSSR count). The molecule has 4 nitrogen and oxygen atoms in total. The molecule has 1 aliphatic carbocycles. The van der Waals surface area contributed by atoms with Gasteiger partial charge < -0.3 is 0 Å². The smallest absolute Gasteiger partial charge is 0.297 e. The molecule has 1 aliphatic heterocycles. The van der Waals surface area contributed by atoms with Crippen LogP contribution in [-0.2, 0) is 14.3 Å². The molecule has 1 saturated heterocycles. The largest absolute Gasteiger partial charge is 0.300 e. The zero-order valence-corrected chi connectivity index (χ0v) is 13.9. The second kappa shape index (κ2) is 6.11. The lowest BCUT2D eigenvalue weighted by Gasteiger charge is -2.44. The number of piperidine rings is 1. The van der Waals surface area contributed by atoms with Crippen LogP contribution >= 0.6 is 0 Å². The minimum Gasteiger partial charge on any atom is -0.300 e. The molecule has 0 radical (unpaired) electrons. The summed E-state index contributed by atoms with van der Waals surface area (Å²) in [6.45, 7) is 2.63. The summed E-state index contributed by atoms with van der Waals surface area (Å²) in [5.41, 5.74) is 0.981. The molecule has 0 spiro atoms. The van der Waals surface area contributed by atoms with E-state index in [0.29, 0.717) is 25.9 Å². The van der Waals surface area contributed by atoms with Gasteiger partial charge in [-0.2, -0.15) is 8.42 Å².